The average Bonchev–Trinajstić information content (AvgIpc) is 3.24. The largest absolute Gasteiger partial charge is 0.497 e. The van der Waals surface area contributed by atoms with Crippen molar-refractivity contribution in [2.24, 2.45) is 0 Å². The molecule has 0 aliphatic rings. The molecule has 8 heteroatoms. The van der Waals surface area contributed by atoms with Crippen LogP contribution in [0.3, 0.4) is 0 Å². The van der Waals surface area contributed by atoms with Gasteiger partial charge in [0.15, 0.2) is 11.6 Å². The molecule has 0 fully saturated rings. The van der Waals surface area contributed by atoms with Crippen LogP contribution in [-0.2, 0) is 5.41 Å². The Bertz CT molecular complexity index is 835. The Morgan fingerprint density at radius 3 is 2.48 bits per heavy atom. The first kappa shape index (κ1) is 17.5. The highest BCUT2D eigenvalue weighted by Gasteiger charge is 2.24. The first-order chi connectivity index (χ1) is 11.9. The second-order valence-corrected chi connectivity index (χ2v) is 7.97. The third kappa shape index (κ3) is 4.01. The molecule has 2 heterocycles. The number of benzene rings is 1. The molecule has 0 unspecified atom stereocenters. The second kappa shape index (κ2) is 6.87. The van der Waals surface area contributed by atoms with Crippen LogP contribution in [0.15, 0.2) is 33.9 Å². The number of ether oxygens (including phenoxy) is 1. The number of rotatable bonds is 5. The van der Waals surface area contributed by atoms with Crippen LogP contribution in [0.2, 0.25) is 0 Å². The molecule has 3 aromatic rings. The van der Waals surface area contributed by atoms with Crippen molar-refractivity contribution in [3.8, 4) is 17.1 Å². The zero-order chi connectivity index (χ0) is 18.0. The molecule has 1 atom stereocenters. The van der Waals surface area contributed by atoms with Gasteiger partial charge in [0.05, 0.1) is 12.4 Å². The minimum Gasteiger partial charge on any atom is -0.497 e. The van der Waals surface area contributed by atoms with E-state index in [9.17, 15) is 0 Å². The third-order valence-electron chi connectivity index (χ3n) is 3.57. The van der Waals surface area contributed by atoms with Gasteiger partial charge in [0.1, 0.15) is 5.75 Å². The Morgan fingerprint density at radius 2 is 1.88 bits per heavy atom. The molecule has 3 rings (SSSR count). The zero-order valence-corrected chi connectivity index (χ0v) is 15.7. The Balaban J connectivity index is 1.71. The van der Waals surface area contributed by atoms with Gasteiger partial charge in [0.25, 0.3) is 0 Å². The predicted octanol–water partition coefficient (Wildman–Crippen LogP) is 4.01. The van der Waals surface area contributed by atoms with Crippen molar-refractivity contribution >= 4 is 11.8 Å². The van der Waals surface area contributed by atoms with Gasteiger partial charge in [0.2, 0.25) is 11.0 Å². The highest BCUT2D eigenvalue weighted by Crippen LogP contribution is 2.33. The summed E-state index contributed by atoms with van der Waals surface area (Å²) in [4.78, 5) is 9.01. The molecule has 0 amide bonds. The van der Waals surface area contributed by atoms with E-state index in [0.717, 1.165) is 11.3 Å². The molecule has 1 aromatic carbocycles. The van der Waals surface area contributed by atoms with Crippen LogP contribution in [-0.4, -0.2) is 32.4 Å². The number of methoxy groups -OCH3 is 1. The van der Waals surface area contributed by atoms with Gasteiger partial charge in [-0.15, -0.1) is 5.10 Å². The molecule has 0 aliphatic heterocycles. The zero-order valence-electron chi connectivity index (χ0n) is 14.9. The summed E-state index contributed by atoms with van der Waals surface area (Å²) in [5.74, 6) is 2.78. The lowest BCUT2D eigenvalue weighted by Gasteiger charge is -2.11. The molecule has 0 radical (unpaired) electrons. The van der Waals surface area contributed by atoms with Crippen molar-refractivity contribution in [3.63, 3.8) is 0 Å². The van der Waals surface area contributed by atoms with Gasteiger partial charge in [-0.3, -0.25) is 5.10 Å². The van der Waals surface area contributed by atoms with E-state index in [-0.39, 0.29) is 10.7 Å². The number of aromatic nitrogens is 5. The maximum atomic E-state index is 5.38. The fraction of sp³-hybridized carbons (Fsp3) is 0.412. The summed E-state index contributed by atoms with van der Waals surface area (Å²) < 4.78 is 10.5. The molecule has 0 bridgehead atoms. The van der Waals surface area contributed by atoms with Crippen molar-refractivity contribution in [3.05, 3.63) is 36.0 Å². The van der Waals surface area contributed by atoms with Crippen LogP contribution in [0.25, 0.3) is 11.4 Å². The summed E-state index contributed by atoms with van der Waals surface area (Å²) in [7, 11) is 1.64. The number of aromatic amines is 1. The number of thioether (sulfide) groups is 1. The lowest BCUT2D eigenvalue weighted by Crippen LogP contribution is -2.13. The number of nitrogens with zero attached hydrogens (tertiary/aromatic N) is 4. The van der Waals surface area contributed by atoms with Crippen molar-refractivity contribution < 1.29 is 9.26 Å². The first-order valence-electron chi connectivity index (χ1n) is 7.94. The standard InChI is InChI=1S/C17H21N5O2S/c1-10(14-19-15(22-24-14)17(2,3)4)25-16-18-13(20-21-16)11-6-8-12(23-5)9-7-11/h6-10H,1-5H3,(H,18,20,21)/t10-/m0/s1. The van der Waals surface area contributed by atoms with Crippen LogP contribution < -0.4 is 4.74 Å². The predicted molar refractivity (Wildman–Crippen MR) is 95.6 cm³/mol. The third-order valence-corrected chi connectivity index (χ3v) is 4.52. The highest BCUT2D eigenvalue weighted by molar-refractivity contribution is 7.99. The summed E-state index contributed by atoms with van der Waals surface area (Å²) >= 11 is 1.47. The van der Waals surface area contributed by atoms with Crippen LogP contribution in [0.4, 0.5) is 0 Å². The number of nitrogens with one attached hydrogen (secondary N) is 1. The molecule has 0 saturated heterocycles. The van der Waals surface area contributed by atoms with Gasteiger partial charge in [0, 0.05) is 11.0 Å². The van der Waals surface area contributed by atoms with Crippen molar-refractivity contribution in [2.75, 3.05) is 7.11 Å². The summed E-state index contributed by atoms with van der Waals surface area (Å²) in [6.07, 6.45) is 0. The van der Waals surface area contributed by atoms with E-state index in [1.807, 2.05) is 31.2 Å². The minimum absolute atomic E-state index is 0.0388. The monoisotopic (exact) mass is 359 g/mol. The summed E-state index contributed by atoms with van der Waals surface area (Å²) in [6.45, 7) is 8.15. The Kier molecular flexibility index (Phi) is 4.80. The van der Waals surface area contributed by atoms with E-state index in [4.69, 9.17) is 9.26 Å². The summed E-state index contributed by atoms with van der Waals surface area (Å²) in [5.41, 5.74) is 0.804. The molecule has 25 heavy (non-hydrogen) atoms. The fourth-order valence-electron chi connectivity index (χ4n) is 2.09. The highest BCUT2D eigenvalue weighted by atomic mass is 32.2. The Morgan fingerprint density at radius 1 is 1.16 bits per heavy atom. The van der Waals surface area contributed by atoms with Crippen LogP contribution >= 0.6 is 11.8 Å². The molecule has 0 saturated carbocycles. The lowest BCUT2D eigenvalue weighted by molar-refractivity contribution is 0.364. The lowest BCUT2D eigenvalue weighted by atomic mass is 9.96. The topological polar surface area (TPSA) is 89.7 Å². The van der Waals surface area contributed by atoms with Crippen molar-refractivity contribution in [2.45, 2.75) is 43.5 Å². The van der Waals surface area contributed by atoms with E-state index in [0.29, 0.717) is 22.7 Å². The van der Waals surface area contributed by atoms with E-state index in [1.54, 1.807) is 7.11 Å². The molecule has 7 nitrogen and oxygen atoms in total. The maximum absolute atomic E-state index is 5.38. The molecule has 0 aliphatic carbocycles. The van der Waals surface area contributed by atoms with Gasteiger partial charge in [-0.2, -0.15) is 4.98 Å². The quantitative estimate of drug-likeness (QED) is 0.688. The van der Waals surface area contributed by atoms with Gasteiger partial charge in [-0.25, -0.2) is 4.98 Å². The molecule has 2 aromatic heterocycles. The number of hydrogen-bond donors (Lipinski definition) is 1. The second-order valence-electron chi connectivity index (χ2n) is 6.66. The summed E-state index contributed by atoms with van der Waals surface area (Å²) in [6, 6.07) is 7.65. The molecule has 0 spiro atoms. The number of hydrogen-bond acceptors (Lipinski definition) is 7. The maximum Gasteiger partial charge on any atom is 0.239 e. The van der Waals surface area contributed by atoms with E-state index >= 15 is 0 Å². The Hall–Kier alpha value is -2.35. The van der Waals surface area contributed by atoms with Gasteiger partial charge in [-0.1, -0.05) is 37.7 Å². The smallest absolute Gasteiger partial charge is 0.239 e. The van der Waals surface area contributed by atoms with Gasteiger partial charge < -0.3 is 9.26 Å². The van der Waals surface area contributed by atoms with Gasteiger partial charge >= 0.3 is 0 Å². The van der Waals surface area contributed by atoms with Crippen LogP contribution in [0, 0.1) is 0 Å². The van der Waals surface area contributed by atoms with E-state index in [2.05, 4.69) is 46.1 Å². The molecular weight excluding hydrogens is 338 g/mol. The average molecular weight is 359 g/mol. The number of H-pyrrole nitrogens is 1. The molecule has 1 N–H and O–H groups in total. The SMILES string of the molecule is COc1ccc(-c2nc(S[C@@H](C)c3nc(C(C)(C)C)no3)n[nH]2)cc1. The minimum atomic E-state index is -0.141. The summed E-state index contributed by atoms with van der Waals surface area (Å²) in [5, 5.41) is 11.9. The normalized spacial score (nSPS) is 13.0. The first-order valence-corrected chi connectivity index (χ1v) is 8.82. The van der Waals surface area contributed by atoms with Crippen LogP contribution in [0.1, 0.15) is 44.7 Å². The molecule has 132 valence electrons. The van der Waals surface area contributed by atoms with Gasteiger partial charge in [-0.05, 0) is 31.2 Å². The van der Waals surface area contributed by atoms with Crippen molar-refractivity contribution in [1.29, 1.82) is 0 Å². The van der Waals surface area contributed by atoms with E-state index in [1.165, 1.54) is 11.8 Å². The molecular formula is C17H21N5O2S. The van der Waals surface area contributed by atoms with E-state index < -0.39 is 0 Å². The Labute approximate surface area is 150 Å². The fourth-order valence-corrected chi connectivity index (χ4v) is 2.85. The van der Waals surface area contributed by atoms with Crippen LogP contribution in [0.5, 0.6) is 5.75 Å². The van der Waals surface area contributed by atoms with Crippen molar-refractivity contribution in [1.82, 2.24) is 25.3 Å².